The van der Waals surface area contributed by atoms with Crippen LogP contribution in [-0.4, -0.2) is 48.7 Å². The third-order valence-electron chi connectivity index (χ3n) is 4.71. The van der Waals surface area contributed by atoms with Crippen LogP contribution in [0.25, 0.3) is 0 Å². The molecule has 162 valence electrons. The molecule has 26 heavy (non-hydrogen) atoms. The lowest BCUT2D eigenvalue weighted by molar-refractivity contribution is -0.936. The predicted octanol–water partition coefficient (Wildman–Crippen LogP) is 3.10. The zero-order valence-electron chi connectivity index (χ0n) is 17.2. The molecular formula is C19H41Cl5N2. The van der Waals surface area contributed by atoms with Crippen molar-refractivity contribution in [2.24, 2.45) is 0 Å². The highest BCUT2D eigenvalue weighted by atomic mass is 35.5. The van der Waals surface area contributed by atoms with Crippen molar-refractivity contribution >= 4 is 49.6 Å². The summed E-state index contributed by atoms with van der Waals surface area (Å²) in [5.74, 6) is 0. The van der Waals surface area contributed by atoms with E-state index in [-0.39, 0.29) is 62.0 Å². The summed E-state index contributed by atoms with van der Waals surface area (Å²) in [6, 6.07) is 10.8. The quantitative estimate of drug-likeness (QED) is 0.524. The Balaban J connectivity index is -0.0000000741. The van der Waals surface area contributed by atoms with E-state index in [2.05, 4.69) is 76.8 Å². The molecule has 0 heterocycles. The molecule has 0 aliphatic heterocycles. The minimum Gasteiger partial charge on any atom is -1.00 e. The first kappa shape index (κ1) is 41.1. The molecule has 1 aromatic carbocycles. The van der Waals surface area contributed by atoms with Gasteiger partial charge in [0.25, 0.3) is 0 Å². The summed E-state index contributed by atoms with van der Waals surface area (Å²) >= 11 is 0. The largest absolute Gasteiger partial charge is 1.00 e. The van der Waals surface area contributed by atoms with Crippen LogP contribution in [0.5, 0.6) is 0 Å². The summed E-state index contributed by atoms with van der Waals surface area (Å²) in [4.78, 5) is 2.38. The Morgan fingerprint density at radius 2 is 1.00 bits per heavy atom. The summed E-state index contributed by atoms with van der Waals surface area (Å²) < 4.78 is 1.20. The summed E-state index contributed by atoms with van der Waals surface area (Å²) in [5.41, 5.74) is 1.46. The van der Waals surface area contributed by atoms with E-state index >= 15 is 0 Å². The third-order valence-corrected chi connectivity index (χ3v) is 4.71. The number of hydrogen-bond acceptors (Lipinski definition) is 1. The van der Waals surface area contributed by atoms with Crippen molar-refractivity contribution in [3.05, 3.63) is 35.9 Å². The van der Waals surface area contributed by atoms with E-state index in [1.807, 2.05) is 0 Å². The Labute approximate surface area is 194 Å². The molecule has 0 saturated carbocycles. The SMILES string of the molecule is CCN(CC)CC.CC[N+](CC)(CC)Cc1ccccc1.Cl.Cl.Cl.Cl.[Cl-]. The molecule has 0 aliphatic carbocycles. The van der Waals surface area contributed by atoms with Crippen molar-refractivity contribution in [2.75, 3.05) is 39.3 Å². The van der Waals surface area contributed by atoms with Gasteiger partial charge in [0.2, 0.25) is 0 Å². The average molecular weight is 475 g/mol. The summed E-state index contributed by atoms with van der Waals surface area (Å²) in [7, 11) is 0. The highest BCUT2D eigenvalue weighted by molar-refractivity contribution is 5.86. The van der Waals surface area contributed by atoms with E-state index in [1.165, 1.54) is 55.9 Å². The molecule has 0 unspecified atom stereocenters. The van der Waals surface area contributed by atoms with E-state index in [0.717, 1.165) is 0 Å². The van der Waals surface area contributed by atoms with Crippen LogP contribution < -0.4 is 12.4 Å². The molecule has 0 aromatic heterocycles. The second-order valence-electron chi connectivity index (χ2n) is 5.55. The molecule has 0 spiro atoms. The monoisotopic (exact) mass is 472 g/mol. The van der Waals surface area contributed by atoms with Gasteiger partial charge in [-0.1, -0.05) is 51.1 Å². The number of rotatable bonds is 8. The number of hydrogen-bond donors (Lipinski definition) is 0. The Bertz CT molecular complexity index is 331. The fourth-order valence-corrected chi connectivity index (χ4v) is 2.65. The molecule has 0 atom stereocenters. The highest BCUT2D eigenvalue weighted by Gasteiger charge is 2.20. The van der Waals surface area contributed by atoms with Crippen LogP contribution in [0, 0.1) is 0 Å². The van der Waals surface area contributed by atoms with Gasteiger partial charge in [0.15, 0.2) is 0 Å². The van der Waals surface area contributed by atoms with Gasteiger partial charge in [-0.2, -0.15) is 0 Å². The molecule has 0 radical (unpaired) electrons. The maximum Gasteiger partial charge on any atom is 0.104 e. The van der Waals surface area contributed by atoms with Gasteiger partial charge in [-0.05, 0) is 40.4 Å². The molecule has 0 aliphatic rings. The zero-order chi connectivity index (χ0) is 16.1. The fraction of sp³-hybridized carbons (Fsp3) is 0.684. The molecule has 0 N–H and O–H groups in total. The molecule has 0 fully saturated rings. The first-order valence-electron chi connectivity index (χ1n) is 8.72. The van der Waals surface area contributed by atoms with Crippen molar-refractivity contribution in [3.63, 3.8) is 0 Å². The van der Waals surface area contributed by atoms with Gasteiger partial charge in [0, 0.05) is 5.56 Å². The van der Waals surface area contributed by atoms with Crippen molar-refractivity contribution in [3.8, 4) is 0 Å². The second kappa shape index (κ2) is 25.6. The number of quaternary nitrogens is 1. The summed E-state index contributed by atoms with van der Waals surface area (Å²) in [5, 5.41) is 0. The molecule has 7 heteroatoms. The summed E-state index contributed by atoms with van der Waals surface area (Å²) in [6.45, 7) is 21.8. The summed E-state index contributed by atoms with van der Waals surface area (Å²) in [6.07, 6.45) is 0. The Kier molecular flexibility index (Phi) is 40.4. The Morgan fingerprint density at radius 3 is 1.23 bits per heavy atom. The first-order valence-corrected chi connectivity index (χ1v) is 8.72. The van der Waals surface area contributed by atoms with Crippen LogP contribution in [0.3, 0.4) is 0 Å². The normalized spacial score (nSPS) is 9.04. The van der Waals surface area contributed by atoms with Crippen molar-refractivity contribution in [2.45, 2.75) is 48.1 Å². The topological polar surface area (TPSA) is 3.24 Å². The van der Waals surface area contributed by atoms with E-state index in [4.69, 9.17) is 0 Å². The van der Waals surface area contributed by atoms with Crippen molar-refractivity contribution in [1.29, 1.82) is 0 Å². The van der Waals surface area contributed by atoms with E-state index < -0.39 is 0 Å². The van der Waals surface area contributed by atoms with Crippen LogP contribution in [0.15, 0.2) is 30.3 Å². The molecule has 0 saturated heterocycles. The number of halogens is 5. The lowest BCUT2D eigenvalue weighted by atomic mass is 10.2. The lowest BCUT2D eigenvalue weighted by Crippen LogP contribution is -3.00. The number of benzene rings is 1. The van der Waals surface area contributed by atoms with E-state index in [1.54, 1.807) is 0 Å². The molecule has 0 bridgehead atoms. The Morgan fingerprint density at radius 1 is 0.654 bits per heavy atom. The van der Waals surface area contributed by atoms with Gasteiger partial charge in [-0.3, -0.25) is 0 Å². The predicted molar refractivity (Wildman–Crippen MR) is 124 cm³/mol. The van der Waals surface area contributed by atoms with Crippen LogP contribution in [0.1, 0.15) is 47.1 Å². The van der Waals surface area contributed by atoms with Crippen LogP contribution in [0.4, 0.5) is 0 Å². The smallest absolute Gasteiger partial charge is 0.104 e. The molecule has 1 rings (SSSR count). The zero-order valence-corrected chi connectivity index (χ0v) is 21.3. The average Bonchev–Trinajstić information content (AvgIpc) is 2.56. The minimum atomic E-state index is 0. The van der Waals surface area contributed by atoms with Crippen molar-refractivity contribution < 1.29 is 16.9 Å². The molecule has 0 amide bonds. The molecule has 2 nitrogen and oxygen atoms in total. The maximum atomic E-state index is 2.38. The fourth-order valence-electron chi connectivity index (χ4n) is 2.65. The van der Waals surface area contributed by atoms with Crippen molar-refractivity contribution in [1.82, 2.24) is 4.90 Å². The van der Waals surface area contributed by atoms with Crippen LogP contribution >= 0.6 is 49.6 Å². The molecule has 1 aromatic rings. The van der Waals surface area contributed by atoms with Gasteiger partial charge < -0.3 is 21.8 Å². The van der Waals surface area contributed by atoms with Gasteiger partial charge in [0.05, 0.1) is 19.6 Å². The maximum absolute atomic E-state index is 2.38. The Hall–Kier alpha value is 0.590. The molecular weight excluding hydrogens is 433 g/mol. The van der Waals surface area contributed by atoms with E-state index in [9.17, 15) is 0 Å². The van der Waals surface area contributed by atoms with Gasteiger partial charge in [-0.25, -0.2) is 0 Å². The van der Waals surface area contributed by atoms with Gasteiger partial charge in [0.1, 0.15) is 6.54 Å². The standard InChI is InChI=1S/C13H22N.C6H15N.5ClH/c1-4-14(5-2,6-3)12-13-10-8-7-9-11-13;1-4-7(5-2)6-3;;;;;/h7-11H,4-6,12H2,1-3H3;4-6H2,1-3H3;5*1H/q+1;;;;;;/p-1. The minimum absolute atomic E-state index is 0. The first-order chi connectivity index (χ1) is 10.1. The van der Waals surface area contributed by atoms with E-state index in [0.29, 0.717) is 0 Å². The van der Waals surface area contributed by atoms with Gasteiger partial charge in [-0.15, -0.1) is 49.6 Å². The third kappa shape index (κ3) is 16.7. The highest BCUT2D eigenvalue weighted by Crippen LogP contribution is 2.13. The number of nitrogens with zero attached hydrogens (tertiary/aromatic N) is 2. The van der Waals surface area contributed by atoms with Gasteiger partial charge >= 0.3 is 0 Å². The van der Waals surface area contributed by atoms with Crippen LogP contribution in [-0.2, 0) is 6.54 Å². The van der Waals surface area contributed by atoms with Crippen LogP contribution in [0.2, 0.25) is 0 Å². The second-order valence-corrected chi connectivity index (χ2v) is 5.55. The lowest BCUT2D eigenvalue weighted by Gasteiger charge is -2.35.